The SMILES string of the molecule is CC(C)CNCc1nccn1Cc1ncccn1. The van der Waals surface area contributed by atoms with Crippen LogP contribution in [0.4, 0.5) is 0 Å². The van der Waals surface area contributed by atoms with Crippen molar-refractivity contribution in [2.24, 2.45) is 5.92 Å². The van der Waals surface area contributed by atoms with E-state index in [2.05, 4.69) is 38.7 Å². The lowest BCUT2D eigenvalue weighted by Gasteiger charge is -2.09. The average Bonchev–Trinajstić information content (AvgIpc) is 2.78. The van der Waals surface area contributed by atoms with Crippen LogP contribution in [-0.2, 0) is 13.1 Å². The second-order valence-corrected chi connectivity index (χ2v) is 4.66. The van der Waals surface area contributed by atoms with E-state index in [0.717, 1.165) is 24.7 Å². The Hall–Kier alpha value is -1.75. The highest BCUT2D eigenvalue weighted by Crippen LogP contribution is 2.01. The molecule has 0 saturated carbocycles. The monoisotopic (exact) mass is 245 g/mol. The van der Waals surface area contributed by atoms with Gasteiger partial charge in [-0.05, 0) is 18.5 Å². The molecule has 0 spiro atoms. The third-order valence-electron chi connectivity index (χ3n) is 2.57. The predicted octanol–water partition coefficient (Wildman–Crippen LogP) is 1.47. The van der Waals surface area contributed by atoms with Crippen LogP contribution in [0.15, 0.2) is 30.9 Å². The van der Waals surface area contributed by atoms with Crippen LogP contribution in [0.5, 0.6) is 0 Å². The molecule has 5 nitrogen and oxygen atoms in total. The van der Waals surface area contributed by atoms with Crippen LogP contribution in [0.3, 0.4) is 0 Å². The van der Waals surface area contributed by atoms with Crippen molar-refractivity contribution >= 4 is 0 Å². The highest BCUT2D eigenvalue weighted by Gasteiger charge is 2.04. The van der Waals surface area contributed by atoms with Gasteiger partial charge in [-0.15, -0.1) is 0 Å². The summed E-state index contributed by atoms with van der Waals surface area (Å²) in [5, 5.41) is 3.39. The molecule has 0 aromatic carbocycles. The van der Waals surface area contributed by atoms with Gasteiger partial charge >= 0.3 is 0 Å². The van der Waals surface area contributed by atoms with Crippen molar-refractivity contribution in [2.75, 3.05) is 6.54 Å². The van der Waals surface area contributed by atoms with E-state index in [1.165, 1.54) is 0 Å². The van der Waals surface area contributed by atoms with Crippen molar-refractivity contribution in [1.29, 1.82) is 0 Å². The zero-order valence-electron chi connectivity index (χ0n) is 10.9. The minimum Gasteiger partial charge on any atom is -0.326 e. The van der Waals surface area contributed by atoms with Gasteiger partial charge in [-0.25, -0.2) is 15.0 Å². The van der Waals surface area contributed by atoms with Crippen LogP contribution < -0.4 is 5.32 Å². The Kier molecular flexibility index (Phi) is 4.41. The number of rotatable bonds is 6. The molecule has 5 heteroatoms. The van der Waals surface area contributed by atoms with E-state index >= 15 is 0 Å². The number of nitrogens with zero attached hydrogens (tertiary/aromatic N) is 4. The second kappa shape index (κ2) is 6.26. The molecule has 1 N–H and O–H groups in total. The van der Waals surface area contributed by atoms with Crippen LogP contribution in [-0.4, -0.2) is 26.1 Å². The quantitative estimate of drug-likeness (QED) is 0.837. The van der Waals surface area contributed by atoms with E-state index in [-0.39, 0.29) is 0 Å². The molecular weight excluding hydrogens is 226 g/mol. The van der Waals surface area contributed by atoms with Crippen molar-refractivity contribution in [2.45, 2.75) is 26.9 Å². The van der Waals surface area contributed by atoms with E-state index in [0.29, 0.717) is 12.5 Å². The fourth-order valence-electron chi connectivity index (χ4n) is 1.69. The molecule has 0 saturated heterocycles. The van der Waals surface area contributed by atoms with Gasteiger partial charge in [0.2, 0.25) is 0 Å². The molecular formula is C13H19N5. The maximum atomic E-state index is 4.35. The molecule has 0 atom stereocenters. The Morgan fingerprint density at radius 2 is 1.94 bits per heavy atom. The summed E-state index contributed by atoms with van der Waals surface area (Å²) in [7, 11) is 0. The molecule has 0 unspecified atom stereocenters. The Balaban J connectivity index is 1.95. The van der Waals surface area contributed by atoms with Gasteiger partial charge in [0.15, 0.2) is 0 Å². The highest BCUT2D eigenvalue weighted by molar-refractivity contribution is 4.97. The summed E-state index contributed by atoms with van der Waals surface area (Å²) < 4.78 is 2.07. The first-order chi connectivity index (χ1) is 8.75. The van der Waals surface area contributed by atoms with Gasteiger partial charge in [-0.1, -0.05) is 13.8 Å². The van der Waals surface area contributed by atoms with E-state index in [9.17, 15) is 0 Å². The first-order valence-electron chi connectivity index (χ1n) is 6.22. The molecule has 2 heterocycles. The number of hydrogen-bond acceptors (Lipinski definition) is 4. The largest absolute Gasteiger partial charge is 0.326 e. The first-order valence-corrected chi connectivity index (χ1v) is 6.22. The molecule has 2 aromatic heterocycles. The summed E-state index contributed by atoms with van der Waals surface area (Å²) in [5.41, 5.74) is 0. The van der Waals surface area contributed by atoms with Gasteiger partial charge in [0.1, 0.15) is 11.6 Å². The van der Waals surface area contributed by atoms with E-state index < -0.39 is 0 Å². The van der Waals surface area contributed by atoms with Crippen molar-refractivity contribution in [1.82, 2.24) is 24.8 Å². The summed E-state index contributed by atoms with van der Waals surface area (Å²) >= 11 is 0. The van der Waals surface area contributed by atoms with Crippen LogP contribution >= 0.6 is 0 Å². The highest BCUT2D eigenvalue weighted by atomic mass is 15.1. The van der Waals surface area contributed by atoms with Crippen LogP contribution in [0.2, 0.25) is 0 Å². The predicted molar refractivity (Wildman–Crippen MR) is 69.9 cm³/mol. The first kappa shape index (κ1) is 12.7. The van der Waals surface area contributed by atoms with Crippen molar-refractivity contribution in [3.8, 4) is 0 Å². The van der Waals surface area contributed by atoms with Crippen molar-refractivity contribution in [3.63, 3.8) is 0 Å². The molecule has 0 amide bonds. The second-order valence-electron chi connectivity index (χ2n) is 4.66. The molecule has 0 aliphatic carbocycles. The molecule has 0 fully saturated rings. The number of aromatic nitrogens is 4. The Morgan fingerprint density at radius 1 is 1.17 bits per heavy atom. The maximum Gasteiger partial charge on any atom is 0.147 e. The lowest BCUT2D eigenvalue weighted by Crippen LogP contribution is -2.21. The van der Waals surface area contributed by atoms with Gasteiger partial charge in [0.25, 0.3) is 0 Å². The standard InChI is InChI=1S/C13H19N5/c1-11(2)8-14-9-13-17-6-7-18(13)10-12-15-4-3-5-16-12/h3-7,11,14H,8-10H2,1-2H3. The van der Waals surface area contributed by atoms with Crippen LogP contribution in [0.25, 0.3) is 0 Å². The van der Waals surface area contributed by atoms with Crippen LogP contribution in [0.1, 0.15) is 25.5 Å². The fraction of sp³-hybridized carbons (Fsp3) is 0.462. The summed E-state index contributed by atoms with van der Waals surface area (Å²) in [4.78, 5) is 12.8. The minimum absolute atomic E-state index is 0.644. The molecule has 0 bridgehead atoms. The average molecular weight is 245 g/mol. The van der Waals surface area contributed by atoms with Crippen molar-refractivity contribution in [3.05, 3.63) is 42.5 Å². The van der Waals surface area contributed by atoms with Crippen LogP contribution in [0, 0.1) is 5.92 Å². The fourth-order valence-corrected chi connectivity index (χ4v) is 1.69. The Labute approximate surface area is 107 Å². The summed E-state index contributed by atoms with van der Waals surface area (Å²) in [6.45, 7) is 6.82. The smallest absolute Gasteiger partial charge is 0.147 e. The van der Waals surface area contributed by atoms with E-state index in [1.807, 2.05) is 18.5 Å². The van der Waals surface area contributed by atoms with Gasteiger partial charge in [0, 0.05) is 24.8 Å². The third-order valence-corrected chi connectivity index (χ3v) is 2.57. The molecule has 0 aliphatic heterocycles. The summed E-state index contributed by atoms with van der Waals surface area (Å²) in [5.74, 6) is 2.47. The number of nitrogens with one attached hydrogen (secondary N) is 1. The number of imidazole rings is 1. The van der Waals surface area contributed by atoms with Gasteiger partial charge in [-0.3, -0.25) is 0 Å². The molecule has 0 radical (unpaired) electrons. The maximum absolute atomic E-state index is 4.35. The molecule has 96 valence electrons. The third kappa shape index (κ3) is 3.63. The molecule has 2 aromatic rings. The Bertz CT molecular complexity index is 463. The molecule has 18 heavy (non-hydrogen) atoms. The van der Waals surface area contributed by atoms with E-state index in [1.54, 1.807) is 12.4 Å². The Morgan fingerprint density at radius 3 is 2.67 bits per heavy atom. The summed E-state index contributed by atoms with van der Waals surface area (Å²) in [6, 6.07) is 1.82. The lowest BCUT2D eigenvalue weighted by molar-refractivity contribution is 0.531. The van der Waals surface area contributed by atoms with Gasteiger partial charge in [0.05, 0.1) is 13.1 Å². The topological polar surface area (TPSA) is 55.6 Å². The zero-order chi connectivity index (χ0) is 12.8. The minimum atomic E-state index is 0.644. The zero-order valence-corrected chi connectivity index (χ0v) is 10.9. The van der Waals surface area contributed by atoms with Crippen molar-refractivity contribution < 1.29 is 0 Å². The van der Waals surface area contributed by atoms with E-state index in [4.69, 9.17) is 0 Å². The normalized spacial score (nSPS) is 11.1. The molecule has 2 rings (SSSR count). The molecule has 0 aliphatic rings. The lowest BCUT2D eigenvalue weighted by atomic mass is 10.2. The summed E-state index contributed by atoms with van der Waals surface area (Å²) in [6.07, 6.45) is 7.30. The van der Waals surface area contributed by atoms with Gasteiger partial charge in [-0.2, -0.15) is 0 Å². The number of hydrogen-bond donors (Lipinski definition) is 1. The van der Waals surface area contributed by atoms with Gasteiger partial charge < -0.3 is 9.88 Å².